The minimum Gasteiger partial charge on any atom is -0.355 e. The van der Waals surface area contributed by atoms with Crippen molar-refractivity contribution in [3.63, 3.8) is 0 Å². The Bertz CT molecular complexity index is 809. The molecule has 0 saturated heterocycles. The summed E-state index contributed by atoms with van der Waals surface area (Å²) >= 11 is 0. The van der Waals surface area contributed by atoms with E-state index in [1.807, 2.05) is 6.33 Å². The molecule has 3 N–H and O–H groups in total. The molecular formula is C20H33Cl2N7. The summed E-state index contributed by atoms with van der Waals surface area (Å²) in [5.74, 6) is 1.74. The predicted octanol–water partition coefficient (Wildman–Crippen LogP) is 4.07. The first-order valence-corrected chi connectivity index (χ1v) is 10.7. The van der Waals surface area contributed by atoms with E-state index < -0.39 is 0 Å². The van der Waals surface area contributed by atoms with Gasteiger partial charge in [-0.3, -0.25) is 0 Å². The molecule has 5 rings (SSSR count). The number of nitrogens with zero attached hydrogens (tertiary/aromatic N) is 5. The van der Waals surface area contributed by atoms with Gasteiger partial charge < -0.3 is 20.5 Å². The lowest BCUT2D eigenvalue weighted by Gasteiger charge is -2.27. The zero-order chi connectivity index (χ0) is 18.4. The maximum Gasteiger partial charge on any atom is 0.227 e. The average molecular weight is 442 g/mol. The number of imidazole rings is 1. The third-order valence-electron chi connectivity index (χ3n) is 6.65. The molecule has 7 nitrogen and oxygen atoms in total. The van der Waals surface area contributed by atoms with Gasteiger partial charge in [0.25, 0.3) is 0 Å². The Morgan fingerprint density at radius 1 is 1.00 bits per heavy atom. The van der Waals surface area contributed by atoms with Gasteiger partial charge in [-0.05, 0) is 51.4 Å². The molecule has 0 radical (unpaired) electrons. The van der Waals surface area contributed by atoms with Crippen molar-refractivity contribution in [1.82, 2.24) is 19.5 Å². The number of anilines is 2. The minimum atomic E-state index is 0. The van der Waals surface area contributed by atoms with Crippen LogP contribution < -0.4 is 16.0 Å². The number of rotatable bonds is 5. The molecule has 3 aliphatic rings. The molecule has 3 fully saturated rings. The lowest BCUT2D eigenvalue weighted by Crippen LogP contribution is -2.33. The summed E-state index contributed by atoms with van der Waals surface area (Å²) in [6.07, 6.45) is 13.9. The number of nitrogens with two attached hydrogens (primary N) is 1. The van der Waals surface area contributed by atoms with E-state index in [-0.39, 0.29) is 24.8 Å². The van der Waals surface area contributed by atoms with Crippen molar-refractivity contribution in [3.8, 4) is 0 Å². The van der Waals surface area contributed by atoms with Gasteiger partial charge in [0, 0.05) is 31.2 Å². The van der Waals surface area contributed by atoms with Gasteiger partial charge in [-0.2, -0.15) is 9.97 Å². The second-order valence-corrected chi connectivity index (χ2v) is 8.73. The molecule has 2 aromatic heterocycles. The summed E-state index contributed by atoms with van der Waals surface area (Å²) in [6.45, 7) is 0. The highest BCUT2D eigenvalue weighted by atomic mass is 35.5. The molecule has 0 bridgehead atoms. The fourth-order valence-electron chi connectivity index (χ4n) is 4.74. The zero-order valence-corrected chi connectivity index (χ0v) is 18.7. The summed E-state index contributed by atoms with van der Waals surface area (Å²) < 4.78 is 2.30. The smallest absolute Gasteiger partial charge is 0.227 e. The second kappa shape index (κ2) is 9.23. The van der Waals surface area contributed by atoms with E-state index in [1.165, 1.54) is 38.5 Å². The third kappa shape index (κ3) is 4.57. The Labute approximate surface area is 185 Å². The molecule has 0 aliphatic heterocycles. The van der Waals surface area contributed by atoms with Gasteiger partial charge in [-0.25, -0.2) is 4.98 Å². The quantitative estimate of drug-likeness (QED) is 0.726. The van der Waals surface area contributed by atoms with E-state index in [4.69, 9.17) is 20.7 Å². The SMILES string of the molecule is CN(c1nc(NC2CCC(N)CC2)nc2c1ncn2C1CCCC1)C1CC1.Cl.Cl. The standard InChI is InChI=1S/C20H31N7.2ClH/c1-26(15-10-11-15)18-17-19(27(12-22-17)16-4-2-3-5-16)25-20(24-18)23-14-8-6-13(21)7-9-14;;/h12-16H,2-11,21H2,1H3,(H,23,24,25);2*1H. The third-order valence-corrected chi connectivity index (χ3v) is 6.65. The van der Waals surface area contributed by atoms with E-state index in [2.05, 4.69) is 21.8 Å². The molecule has 3 aliphatic carbocycles. The second-order valence-electron chi connectivity index (χ2n) is 8.73. The molecule has 3 saturated carbocycles. The van der Waals surface area contributed by atoms with Crippen LogP contribution in [-0.4, -0.2) is 44.7 Å². The van der Waals surface area contributed by atoms with Crippen LogP contribution in [0.4, 0.5) is 11.8 Å². The molecule has 9 heteroatoms. The van der Waals surface area contributed by atoms with E-state index in [0.29, 0.717) is 24.2 Å². The van der Waals surface area contributed by atoms with Gasteiger partial charge in [0.2, 0.25) is 5.95 Å². The van der Waals surface area contributed by atoms with E-state index in [1.54, 1.807) is 0 Å². The highest BCUT2D eigenvalue weighted by molar-refractivity contribution is 5.86. The number of halogens is 2. The number of hydrogen-bond acceptors (Lipinski definition) is 6. The van der Waals surface area contributed by atoms with Crippen LogP contribution in [0.1, 0.15) is 70.3 Å². The Kier molecular flexibility index (Phi) is 7.12. The van der Waals surface area contributed by atoms with Crippen LogP contribution in [0.5, 0.6) is 0 Å². The number of aromatic nitrogens is 4. The highest BCUT2D eigenvalue weighted by Gasteiger charge is 2.31. The van der Waals surface area contributed by atoms with Crippen LogP contribution >= 0.6 is 24.8 Å². The maximum atomic E-state index is 6.07. The molecule has 29 heavy (non-hydrogen) atoms. The monoisotopic (exact) mass is 441 g/mol. The van der Waals surface area contributed by atoms with Gasteiger partial charge in [0.05, 0.1) is 6.33 Å². The topological polar surface area (TPSA) is 84.9 Å². The molecular weight excluding hydrogens is 409 g/mol. The van der Waals surface area contributed by atoms with Crippen LogP contribution in [0.2, 0.25) is 0 Å². The molecule has 0 unspecified atom stereocenters. The molecule has 2 heterocycles. The molecule has 2 aromatic rings. The van der Waals surface area contributed by atoms with Crippen molar-refractivity contribution in [1.29, 1.82) is 0 Å². The highest BCUT2D eigenvalue weighted by Crippen LogP contribution is 2.36. The first kappa shape index (κ1) is 22.4. The lowest BCUT2D eigenvalue weighted by atomic mass is 9.92. The molecule has 0 aromatic carbocycles. The Hall–Kier alpha value is -1.31. The summed E-state index contributed by atoms with van der Waals surface area (Å²) in [4.78, 5) is 16.9. The van der Waals surface area contributed by atoms with Crippen molar-refractivity contribution < 1.29 is 0 Å². The van der Waals surface area contributed by atoms with E-state index in [0.717, 1.165) is 48.6 Å². The van der Waals surface area contributed by atoms with Crippen LogP contribution in [0, 0.1) is 0 Å². The summed E-state index contributed by atoms with van der Waals surface area (Å²) in [6, 6.07) is 1.90. The molecule has 0 amide bonds. The van der Waals surface area contributed by atoms with Crippen molar-refractivity contribution in [2.75, 3.05) is 17.3 Å². The fourth-order valence-corrected chi connectivity index (χ4v) is 4.74. The van der Waals surface area contributed by atoms with Crippen molar-refractivity contribution >= 4 is 47.7 Å². The predicted molar refractivity (Wildman–Crippen MR) is 123 cm³/mol. The van der Waals surface area contributed by atoms with Crippen molar-refractivity contribution in [2.24, 2.45) is 5.73 Å². The van der Waals surface area contributed by atoms with E-state index in [9.17, 15) is 0 Å². The van der Waals surface area contributed by atoms with Crippen molar-refractivity contribution in [3.05, 3.63) is 6.33 Å². The Morgan fingerprint density at radius 2 is 1.69 bits per heavy atom. The van der Waals surface area contributed by atoms with Gasteiger partial charge in [-0.15, -0.1) is 24.8 Å². The van der Waals surface area contributed by atoms with Gasteiger partial charge in [0.1, 0.15) is 0 Å². The Morgan fingerprint density at radius 3 is 2.34 bits per heavy atom. The largest absolute Gasteiger partial charge is 0.355 e. The summed E-state index contributed by atoms with van der Waals surface area (Å²) in [5, 5.41) is 3.61. The molecule has 0 atom stereocenters. The zero-order valence-electron chi connectivity index (χ0n) is 17.1. The summed E-state index contributed by atoms with van der Waals surface area (Å²) in [5.41, 5.74) is 8.01. The average Bonchev–Trinajstić information content (AvgIpc) is 3.21. The van der Waals surface area contributed by atoms with Crippen LogP contribution in [-0.2, 0) is 0 Å². The Balaban J connectivity index is 0.00000120. The number of hydrogen-bond donors (Lipinski definition) is 2. The normalized spacial score (nSPS) is 24.8. The van der Waals surface area contributed by atoms with Crippen LogP contribution in [0.15, 0.2) is 6.33 Å². The first-order chi connectivity index (χ1) is 13.2. The van der Waals surface area contributed by atoms with Crippen LogP contribution in [0.3, 0.4) is 0 Å². The lowest BCUT2D eigenvalue weighted by molar-refractivity contribution is 0.410. The summed E-state index contributed by atoms with van der Waals surface area (Å²) in [7, 11) is 2.15. The molecule has 0 spiro atoms. The number of fused-ring (bicyclic) bond motifs is 1. The minimum absolute atomic E-state index is 0. The molecule has 162 valence electrons. The van der Waals surface area contributed by atoms with Gasteiger partial charge in [-0.1, -0.05) is 12.8 Å². The van der Waals surface area contributed by atoms with Gasteiger partial charge in [0.15, 0.2) is 17.0 Å². The number of nitrogens with one attached hydrogen (secondary N) is 1. The maximum absolute atomic E-state index is 6.07. The van der Waals surface area contributed by atoms with Crippen LogP contribution in [0.25, 0.3) is 11.2 Å². The van der Waals surface area contributed by atoms with Crippen molar-refractivity contribution in [2.45, 2.75) is 88.4 Å². The fraction of sp³-hybridized carbons (Fsp3) is 0.750. The first-order valence-electron chi connectivity index (χ1n) is 10.7. The van der Waals surface area contributed by atoms with E-state index >= 15 is 0 Å². The van der Waals surface area contributed by atoms with Gasteiger partial charge >= 0.3 is 0 Å².